The molecule has 152 valence electrons. The highest BCUT2D eigenvalue weighted by Crippen LogP contribution is 2.22. The van der Waals surface area contributed by atoms with E-state index in [1.54, 1.807) is 0 Å². The maximum absolute atomic E-state index is 4.93. The molecule has 1 fully saturated rings. The topological polar surface area (TPSA) is 48.7 Å². The second-order valence-corrected chi connectivity index (χ2v) is 8.08. The van der Waals surface area contributed by atoms with Crippen molar-refractivity contribution in [2.24, 2.45) is 4.99 Å². The SMILES string of the molecule is CCNC(=NCc1cccc(Cn2ccnc2)c1)N1CCN(c2cccs2)CC1. The molecule has 0 atom stereocenters. The van der Waals surface area contributed by atoms with Gasteiger partial charge in [-0.25, -0.2) is 9.98 Å². The number of nitrogens with one attached hydrogen (secondary N) is 1. The molecule has 3 aromatic rings. The number of aromatic nitrogens is 2. The molecule has 1 saturated heterocycles. The van der Waals surface area contributed by atoms with E-state index in [1.165, 1.54) is 16.1 Å². The zero-order valence-electron chi connectivity index (χ0n) is 16.9. The molecule has 1 aromatic carbocycles. The van der Waals surface area contributed by atoms with Gasteiger partial charge >= 0.3 is 0 Å². The molecule has 29 heavy (non-hydrogen) atoms. The average Bonchev–Trinajstić information content (AvgIpc) is 3.46. The Bertz CT molecular complexity index is 895. The zero-order valence-corrected chi connectivity index (χ0v) is 17.7. The lowest BCUT2D eigenvalue weighted by atomic mass is 10.1. The number of thiophene rings is 1. The van der Waals surface area contributed by atoms with Crippen LogP contribution in [0.5, 0.6) is 0 Å². The summed E-state index contributed by atoms with van der Waals surface area (Å²) in [5, 5.41) is 6.98. The number of aliphatic imine (C=N–C) groups is 1. The normalized spacial score (nSPS) is 15.0. The van der Waals surface area contributed by atoms with Crippen LogP contribution >= 0.6 is 11.3 Å². The predicted octanol–water partition coefficient (Wildman–Crippen LogP) is 3.28. The lowest BCUT2D eigenvalue weighted by molar-refractivity contribution is 0.373. The molecule has 2 aromatic heterocycles. The van der Waals surface area contributed by atoms with Gasteiger partial charge in [-0.2, -0.15) is 0 Å². The molecule has 4 rings (SSSR count). The van der Waals surface area contributed by atoms with Gasteiger partial charge in [-0.1, -0.05) is 24.3 Å². The molecule has 3 heterocycles. The summed E-state index contributed by atoms with van der Waals surface area (Å²) in [5.41, 5.74) is 2.50. The van der Waals surface area contributed by atoms with Crippen molar-refractivity contribution in [1.29, 1.82) is 0 Å². The minimum Gasteiger partial charge on any atom is -0.360 e. The van der Waals surface area contributed by atoms with E-state index in [1.807, 2.05) is 30.1 Å². The Morgan fingerprint density at radius 1 is 1.14 bits per heavy atom. The van der Waals surface area contributed by atoms with Crippen LogP contribution in [0, 0.1) is 0 Å². The second kappa shape index (κ2) is 9.60. The lowest BCUT2D eigenvalue weighted by Gasteiger charge is -2.37. The van der Waals surface area contributed by atoms with Gasteiger partial charge in [-0.15, -0.1) is 11.3 Å². The van der Waals surface area contributed by atoms with E-state index >= 15 is 0 Å². The number of nitrogens with zero attached hydrogens (tertiary/aromatic N) is 5. The Labute approximate surface area is 176 Å². The van der Waals surface area contributed by atoms with E-state index in [4.69, 9.17) is 4.99 Å². The fourth-order valence-electron chi connectivity index (χ4n) is 3.60. The van der Waals surface area contributed by atoms with Gasteiger partial charge in [0.15, 0.2) is 5.96 Å². The van der Waals surface area contributed by atoms with Crippen molar-refractivity contribution >= 4 is 22.3 Å². The van der Waals surface area contributed by atoms with Gasteiger partial charge < -0.3 is 19.7 Å². The van der Waals surface area contributed by atoms with E-state index in [-0.39, 0.29) is 0 Å². The smallest absolute Gasteiger partial charge is 0.194 e. The van der Waals surface area contributed by atoms with Crippen molar-refractivity contribution in [2.45, 2.75) is 20.0 Å². The van der Waals surface area contributed by atoms with Crippen molar-refractivity contribution in [2.75, 3.05) is 37.6 Å². The quantitative estimate of drug-likeness (QED) is 0.502. The third kappa shape index (κ3) is 5.17. The second-order valence-electron chi connectivity index (χ2n) is 7.15. The lowest BCUT2D eigenvalue weighted by Crippen LogP contribution is -2.52. The van der Waals surface area contributed by atoms with Gasteiger partial charge in [0.05, 0.1) is 17.9 Å². The zero-order chi connectivity index (χ0) is 19.9. The number of rotatable bonds is 6. The van der Waals surface area contributed by atoms with Crippen molar-refractivity contribution in [3.05, 3.63) is 71.6 Å². The van der Waals surface area contributed by atoms with E-state index in [2.05, 4.69) is 73.4 Å². The molecule has 0 saturated carbocycles. The largest absolute Gasteiger partial charge is 0.360 e. The number of anilines is 1. The van der Waals surface area contributed by atoms with E-state index in [0.717, 1.165) is 45.2 Å². The summed E-state index contributed by atoms with van der Waals surface area (Å²) in [6.07, 6.45) is 5.66. The predicted molar refractivity (Wildman–Crippen MR) is 121 cm³/mol. The number of piperazine rings is 1. The van der Waals surface area contributed by atoms with Gasteiger partial charge in [-0.05, 0) is 35.6 Å². The first-order valence-electron chi connectivity index (χ1n) is 10.2. The maximum Gasteiger partial charge on any atom is 0.194 e. The Morgan fingerprint density at radius 3 is 2.72 bits per heavy atom. The average molecular weight is 409 g/mol. The first-order valence-corrected chi connectivity index (χ1v) is 11.0. The highest BCUT2D eigenvalue weighted by molar-refractivity contribution is 7.14. The molecule has 0 radical (unpaired) electrons. The number of imidazole rings is 1. The summed E-state index contributed by atoms with van der Waals surface area (Å²) >= 11 is 1.82. The Hall–Kier alpha value is -2.80. The molecule has 0 aliphatic carbocycles. The molecule has 0 bridgehead atoms. The Kier molecular flexibility index (Phi) is 6.46. The van der Waals surface area contributed by atoms with Crippen molar-refractivity contribution in [1.82, 2.24) is 19.8 Å². The molecule has 6 nitrogen and oxygen atoms in total. The molecule has 1 aliphatic rings. The third-order valence-corrected chi connectivity index (χ3v) is 5.99. The van der Waals surface area contributed by atoms with Crippen molar-refractivity contribution in [3.63, 3.8) is 0 Å². The minimum atomic E-state index is 0.686. The summed E-state index contributed by atoms with van der Waals surface area (Å²) in [4.78, 5) is 13.9. The van der Waals surface area contributed by atoms with Crippen LogP contribution in [-0.4, -0.2) is 53.1 Å². The van der Waals surface area contributed by atoms with E-state index in [0.29, 0.717) is 6.54 Å². The van der Waals surface area contributed by atoms with E-state index in [9.17, 15) is 0 Å². The number of hydrogen-bond donors (Lipinski definition) is 1. The van der Waals surface area contributed by atoms with Crippen LogP contribution < -0.4 is 10.2 Å². The first-order chi connectivity index (χ1) is 14.3. The van der Waals surface area contributed by atoms with Crippen molar-refractivity contribution in [3.8, 4) is 0 Å². The molecule has 1 N–H and O–H groups in total. The highest BCUT2D eigenvalue weighted by Gasteiger charge is 2.20. The molecule has 0 amide bonds. The molecular formula is C22H28N6S. The molecule has 1 aliphatic heterocycles. The minimum absolute atomic E-state index is 0.686. The summed E-state index contributed by atoms with van der Waals surface area (Å²) < 4.78 is 2.08. The van der Waals surface area contributed by atoms with Crippen molar-refractivity contribution < 1.29 is 0 Å². The molecular weight excluding hydrogens is 380 g/mol. The monoisotopic (exact) mass is 408 g/mol. The van der Waals surface area contributed by atoms with Gasteiger partial charge in [0, 0.05) is 51.7 Å². The van der Waals surface area contributed by atoms with Crippen LogP contribution in [0.1, 0.15) is 18.1 Å². The highest BCUT2D eigenvalue weighted by atomic mass is 32.1. The van der Waals surface area contributed by atoms with E-state index < -0.39 is 0 Å². The van der Waals surface area contributed by atoms with Crippen LogP contribution in [0.25, 0.3) is 0 Å². The van der Waals surface area contributed by atoms with Gasteiger partial charge in [0.25, 0.3) is 0 Å². The Morgan fingerprint density at radius 2 is 2.00 bits per heavy atom. The number of benzene rings is 1. The Balaban J connectivity index is 1.38. The number of hydrogen-bond acceptors (Lipinski definition) is 4. The standard InChI is InChI=1S/C22H28N6S/c1-2-24-22(28-12-10-27(11-13-28)21-7-4-14-29-21)25-16-19-5-3-6-20(15-19)17-26-9-8-23-18-26/h3-9,14-15,18H,2,10-13,16-17H2,1H3,(H,24,25). The van der Waals surface area contributed by atoms with Crippen LogP contribution in [0.2, 0.25) is 0 Å². The number of guanidine groups is 1. The summed E-state index contributed by atoms with van der Waals surface area (Å²) in [6, 6.07) is 13.0. The fraction of sp³-hybridized carbons (Fsp3) is 0.364. The molecule has 7 heteroatoms. The van der Waals surface area contributed by atoms with Gasteiger partial charge in [0.1, 0.15) is 0 Å². The maximum atomic E-state index is 4.93. The first kappa shape index (κ1) is 19.5. The molecule has 0 unspecified atom stereocenters. The van der Waals surface area contributed by atoms with Crippen LogP contribution in [0.4, 0.5) is 5.00 Å². The van der Waals surface area contributed by atoms with Gasteiger partial charge in [0.2, 0.25) is 0 Å². The van der Waals surface area contributed by atoms with Crippen LogP contribution in [0.15, 0.2) is 65.5 Å². The van der Waals surface area contributed by atoms with Gasteiger partial charge in [-0.3, -0.25) is 0 Å². The van der Waals surface area contributed by atoms with Crippen LogP contribution in [0.3, 0.4) is 0 Å². The summed E-state index contributed by atoms with van der Waals surface area (Å²) in [5.74, 6) is 1.01. The summed E-state index contributed by atoms with van der Waals surface area (Å²) in [6.45, 7) is 8.58. The molecule has 0 spiro atoms. The summed E-state index contributed by atoms with van der Waals surface area (Å²) in [7, 11) is 0. The van der Waals surface area contributed by atoms with Crippen LogP contribution in [-0.2, 0) is 13.1 Å². The fourth-order valence-corrected chi connectivity index (χ4v) is 4.38. The third-order valence-electron chi connectivity index (χ3n) is 5.06.